The molecule has 1 amide bonds. The third kappa shape index (κ3) is 7.44. The maximum absolute atomic E-state index is 12.2. The van der Waals surface area contributed by atoms with Crippen LogP contribution in [0.5, 0.6) is 11.5 Å². The summed E-state index contributed by atoms with van der Waals surface area (Å²) in [5.74, 6) is 1.18. The first-order valence-corrected chi connectivity index (χ1v) is 11.5. The third-order valence-electron chi connectivity index (χ3n) is 4.11. The van der Waals surface area contributed by atoms with Crippen molar-refractivity contribution in [1.29, 1.82) is 0 Å². The number of carbonyl (C=O) groups is 1. The fraction of sp³-hybridized carbons (Fsp3) is 0.318. The monoisotopic (exact) mass is 432 g/mol. The van der Waals surface area contributed by atoms with E-state index in [4.69, 9.17) is 9.47 Å². The van der Waals surface area contributed by atoms with Crippen molar-refractivity contribution >= 4 is 27.3 Å². The zero-order valence-electron chi connectivity index (χ0n) is 17.3. The van der Waals surface area contributed by atoms with E-state index in [1.54, 1.807) is 54.6 Å². The van der Waals surface area contributed by atoms with E-state index in [9.17, 15) is 13.2 Å². The minimum Gasteiger partial charge on any atom is -0.494 e. The molecule has 1 N–H and O–H groups in total. The topological polar surface area (TPSA) is 84.9 Å². The molecule has 0 spiro atoms. The molecule has 0 aliphatic heterocycles. The van der Waals surface area contributed by atoms with Gasteiger partial charge < -0.3 is 14.8 Å². The van der Waals surface area contributed by atoms with E-state index >= 15 is 0 Å². The Hall–Kier alpha value is -3.00. The van der Waals surface area contributed by atoms with Crippen molar-refractivity contribution in [1.82, 2.24) is 0 Å². The van der Waals surface area contributed by atoms with Crippen molar-refractivity contribution in [2.45, 2.75) is 19.8 Å². The van der Waals surface area contributed by atoms with Crippen LogP contribution in [0.2, 0.25) is 0 Å². The predicted molar refractivity (Wildman–Crippen MR) is 120 cm³/mol. The van der Waals surface area contributed by atoms with Gasteiger partial charge in [0.1, 0.15) is 18.1 Å². The molecule has 0 atom stereocenters. The summed E-state index contributed by atoms with van der Waals surface area (Å²) in [5.41, 5.74) is 1.19. The van der Waals surface area contributed by atoms with Crippen LogP contribution in [0.15, 0.2) is 61.2 Å². The second-order valence-electron chi connectivity index (χ2n) is 6.54. The summed E-state index contributed by atoms with van der Waals surface area (Å²) in [5, 5.41) is 2.80. The number of nitrogens with one attached hydrogen (secondary N) is 1. The number of nitrogens with zero attached hydrogens (tertiary/aromatic N) is 1. The molecule has 0 bridgehead atoms. The highest BCUT2D eigenvalue weighted by Gasteiger charge is 2.17. The predicted octanol–water partition coefficient (Wildman–Crippen LogP) is 3.84. The van der Waals surface area contributed by atoms with Gasteiger partial charge in [-0.2, -0.15) is 0 Å². The van der Waals surface area contributed by atoms with E-state index in [0.717, 1.165) is 6.26 Å². The maximum atomic E-state index is 12.2. The number of rotatable bonds is 12. The lowest BCUT2D eigenvalue weighted by Crippen LogP contribution is -2.31. The number of sulfonamides is 1. The minimum atomic E-state index is -3.47. The van der Waals surface area contributed by atoms with Crippen LogP contribution < -0.4 is 19.1 Å². The molecule has 0 aromatic heterocycles. The Bertz CT molecular complexity index is 925. The molecule has 0 saturated carbocycles. The van der Waals surface area contributed by atoms with E-state index in [0.29, 0.717) is 42.5 Å². The standard InChI is InChI=1S/C22H28N2O5S/c1-4-17-29-21-12-8-18(9-13-21)23-22(25)7-6-16-24(30(3,26)27)19-10-14-20(15-11-19)28-5-2/h4,8-15H,1,5-7,16-17H2,2-3H3,(H,23,25). The summed E-state index contributed by atoms with van der Waals surface area (Å²) in [6, 6.07) is 13.9. The highest BCUT2D eigenvalue weighted by Crippen LogP contribution is 2.22. The second-order valence-corrected chi connectivity index (χ2v) is 8.44. The summed E-state index contributed by atoms with van der Waals surface area (Å²) in [4.78, 5) is 12.2. The summed E-state index contributed by atoms with van der Waals surface area (Å²) in [6.45, 7) is 6.63. The fourth-order valence-corrected chi connectivity index (χ4v) is 3.72. The highest BCUT2D eigenvalue weighted by atomic mass is 32.2. The van der Waals surface area contributed by atoms with Crippen molar-refractivity contribution in [2.75, 3.05) is 35.6 Å². The van der Waals surface area contributed by atoms with Gasteiger partial charge in [0.25, 0.3) is 0 Å². The van der Waals surface area contributed by atoms with Crippen LogP contribution in [0.4, 0.5) is 11.4 Å². The van der Waals surface area contributed by atoms with Gasteiger partial charge >= 0.3 is 0 Å². The number of anilines is 2. The number of ether oxygens (including phenoxy) is 2. The number of carbonyl (C=O) groups excluding carboxylic acids is 1. The van der Waals surface area contributed by atoms with Gasteiger partial charge in [-0.3, -0.25) is 9.10 Å². The molecule has 0 aliphatic rings. The molecule has 30 heavy (non-hydrogen) atoms. The zero-order valence-corrected chi connectivity index (χ0v) is 18.2. The number of amides is 1. The van der Waals surface area contributed by atoms with E-state index in [2.05, 4.69) is 11.9 Å². The number of hydrogen-bond acceptors (Lipinski definition) is 5. The Labute approximate surface area is 178 Å². The lowest BCUT2D eigenvalue weighted by molar-refractivity contribution is -0.116. The Kier molecular flexibility index (Phi) is 8.73. The van der Waals surface area contributed by atoms with Gasteiger partial charge in [0.2, 0.25) is 15.9 Å². The highest BCUT2D eigenvalue weighted by molar-refractivity contribution is 7.92. The van der Waals surface area contributed by atoms with Gasteiger partial charge in [-0.15, -0.1) is 0 Å². The first kappa shape index (κ1) is 23.3. The van der Waals surface area contributed by atoms with Crippen LogP contribution in [-0.2, 0) is 14.8 Å². The van der Waals surface area contributed by atoms with Crippen LogP contribution in [0.3, 0.4) is 0 Å². The van der Waals surface area contributed by atoms with Gasteiger partial charge in [0, 0.05) is 18.7 Å². The molecule has 8 heteroatoms. The summed E-state index contributed by atoms with van der Waals surface area (Å²) >= 11 is 0. The molecule has 0 saturated heterocycles. The molecule has 162 valence electrons. The van der Waals surface area contributed by atoms with Crippen LogP contribution in [0, 0.1) is 0 Å². The van der Waals surface area contributed by atoms with Gasteiger partial charge in [-0.05, 0) is 61.9 Å². The van der Waals surface area contributed by atoms with Crippen LogP contribution in [0.25, 0.3) is 0 Å². The number of benzene rings is 2. The smallest absolute Gasteiger partial charge is 0.232 e. The van der Waals surface area contributed by atoms with Gasteiger partial charge in [-0.25, -0.2) is 8.42 Å². The second kappa shape index (κ2) is 11.3. The quantitative estimate of drug-likeness (QED) is 0.515. The molecule has 2 aromatic carbocycles. The molecule has 0 aliphatic carbocycles. The van der Waals surface area contributed by atoms with Crippen molar-refractivity contribution < 1.29 is 22.7 Å². The average Bonchev–Trinajstić information content (AvgIpc) is 2.71. The van der Waals surface area contributed by atoms with E-state index in [1.807, 2.05) is 6.92 Å². The van der Waals surface area contributed by atoms with E-state index < -0.39 is 10.0 Å². The van der Waals surface area contributed by atoms with Crippen LogP contribution in [-0.4, -0.2) is 40.3 Å². The van der Waals surface area contributed by atoms with E-state index in [-0.39, 0.29) is 18.9 Å². The molecular formula is C22H28N2O5S. The molecular weight excluding hydrogens is 404 g/mol. The SMILES string of the molecule is C=CCOc1ccc(NC(=O)CCCN(c2ccc(OCC)cc2)S(C)(=O)=O)cc1. The van der Waals surface area contributed by atoms with E-state index in [1.165, 1.54) is 4.31 Å². The Morgan fingerprint density at radius 2 is 1.67 bits per heavy atom. The van der Waals surface area contributed by atoms with Gasteiger partial charge in [0.15, 0.2) is 0 Å². The molecule has 0 heterocycles. The normalized spacial score (nSPS) is 10.9. The van der Waals surface area contributed by atoms with Crippen molar-refractivity contribution in [3.05, 3.63) is 61.2 Å². The van der Waals surface area contributed by atoms with Crippen LogP contribution in [0.1, 0.15) is 19.8 Å². The lowest BCUT2D eigenvalue weighted by Gasteiger charge is -2.22. The van der Waals surface area contributed by atoms with Crippen molar-refractivity contribution in [2.24, 2.45) is 0 Å². The number of hydrogen-bond donors (Lipinski definition) is 1. The molecule has 0 unspecified atom stereocenters. The lowest BCUT2D eigenvalue weighted by atomic mass is 10.2. The summed E-state index contributed by atoms with van der Waals surface area (Å²) in [6.07, 6.45) is 3.38. The Balaban J connectivity index is 1.90. The largest absolute Gasteiger partial charge is 0.494 e. The molecule has 7 nitrogen and oxygen atoms in total. The van der Waals surface area contributed by atoms with Gasteiger partial charge in [0.05, 0.1) is 18.6 Å². The first-order valence-electron chi connectivity index (χ1n) is 9.67. The van der Waals surface area contributed by atoms with Crippen LogP contribution >= 0.6 is 0 Å². The third-order valence-corrected chi connectivity index (χ3v) is 5.30. The molecule has 2 aromatic rings. The average molecular weight is 433 g/mol. The fourth-order valence-electron chi connectivity index (χ4n) is 2.76. The van der Waals surface area contributed by atoms with Gasteiger partial charge in [-0.1, -0.05) is 12.7 Å². The Morgan fingerprint density at radius 1 is 1.07 bits per heavy atom. The minimum absolute atomic E-state index is 0.185. The maximum Gasteiger partial charge on any atom is 0.232 e. The van der Waals surface area contributed by atoms with Crippen molar-refractivity contribution in [3.8, 4) is 11.5 Å². The summed E-state index contributed by atoms with van der Waals surface area (Å²) < 4.78 is 36.5. The molecule has 0 radical (unpaired) electrons. The molecule has 2 rings (SSSR count). The Morgan fingerprint density at radius 3 is 2.23 bits per heavy atom. The first-order chi connectivity index (χ1) is 14.3. The molecule has 0 fully saturated rings. The zero-order chi connectivity index (χ0) is 22.0. The van der Waals surface area contributed by atoms with Crippen molar-refractivity contribution in [3.63, 3.8) is 0 Å². The summed E-state index contributed by atoms with van der Waals surface area (Å²) in [7, 11) is -3.47.